The Kier molecular flexibility index (Phi) is 7.26. The SMILES string of the molecule is CC(CC(=O)Nc1ccc(NC(=O)C2CC2)cc1)C1CCCNC1.Cl. The predicted molar refractivity (Wildman–Crippen MR) is 103 cm³/mol. The van der Waals surface area contributed by atoms with Crippen molar-refractivity contribution >= 4 is 35.6 Å². The number of amides is 2. The van der Waals surface area contributed by atoms with Gasteiger partial charge in [0.25, 0.3) is 0 Å². The van der Waals surface area contributed by atoms with E-state index in [4.69, 9.17) is 0 Å². The van der Waals surface area contributed by atoms with Crippen LogP contribution < -0.4 is 16.0 Å². The van der Waals surface area contributed by atoms with Crippen molar-refractivity contribution in [1.82, 2.24) is 5.32 Å². The van der Waals surface area contributed by atoms with Crippen LogP contribution in [0.1, 0.15) is 39.0 Å². The molecule has 1 saturated carbocycles. The van der Waals surface area contributed by atoms with E-state index in [-0.39, 0.29) is 30.1 Å². The summed E-state index contributed by atoms with van der Waals surface area (Å²) in [7, 11) is 0. The summed E-state index contributed by atoms with van der Waals surface area (Å²) in [5.41, 5.74) is 1.56. The zero-order valence-electron chi connectivity index (χ0n) is 14.7. The monoisotopic (exact) mass is 365 g/mol. The Morgan fingerprint density at radius 3 is 2.32 bits per heavy atom. The van der Waals surface area contributed by atoms with E-state index in [9.17, 15) is 9.59 Å². The number of hydrogen-bond donors (Lipinski definition) is 3. The van der Waals surface area contributed by atoms with Gasteiger partial charge in [-0.2, -0.15) is 0 Å². The van der Waals surface area contributed by atoms with Crippen LogP contribution in [0.25, 0.3) is 0 Å². The second-order valence-electron chi connectivity index (χ2n) is 7.18. The Morgan fingerprint density at radius 2 is 1.76 bits per heavy atom. The van der Waals surface area contributed by atoms with Crippen LogP contribution in [0, 0.1) is 17.8 Å². The molecule has 1 aromatic rings. The van der Waals surface area contributed by atoms with Crippen LogP contribution in [-0.4, -0.2) is 24.9 Å². The largest absolute Gasteiger partial charge is 0.326 e. The first-order valence-electron chi connectivity index (χ1n) is 9.03. The molecule has 0 bridgehead atoms. The van der Waals surface area contributed by atoms with E-state index in [0.717, 1.165) is 37.3 Å². The number of piperidine rings is 1. The lowest BCUT2D eigenvalue weighted by molar-refractivity contribution is -0.118. The van der Waals surface area contributed by atoms with Gasteiger partial charge in [0.2, 0.25) is 11.8 Å². The summed E-state index contributed by atoms with van der Waals surface area (Å²) >= 11 is 0. The molecule has 138 valence electrons. The number of rotatable bonds is 6. The number of nitrogens with one attached hydrogen (secondary N) is 3. The van der Waals surface area contributed by atoms with Crippen molar-refractivity contribution in [2.24, 2.45) is 17.8 Å². The molecule has 2 amide bonds. The van der Waals surface area contributed by atoms with E-state index < -0.39 is 0 Å². The Labute approximate surface area is 155 Å². The summed E-state index contributed by atoms with van der Waals surface area (Å²) in [4.78, 5) is 23.9. The van der Waals surface area contributed by atoms with Gasteiger partial charge in [-0.15, -0.1) is 12.4 Å². The van der Waals surface area contributed by atoms with Crippen LogP contribution in [0.5, 0.6) is 0 Å². The highest BCUT2D eigenvalue weighted by Crippen LogP contribution is 2.30. The van der Waals surface area contributed by atoms with Crippen molar-refractivity contribution in [1.29, 1.82) is 0 Å². The van der Waals surface area contributed by atoms with Gasteiger partial charge in [-0.1, -0.05) is 6.92 Å². The molecule has 3 N–H and O–H groups in total. The Bertz CT molecular complexity index is 581. The maximum absolute atomic E-state index is 12.2. The number of benzene rings is 1. The van der Waals surface area contributed by atoms with E-state index >= 15 is 0 Å². The fraction of sp³-hybridized carbons (Fsp3) is 0.579. The van der Waals surface area contributed by atoms with Crippen LogP contribution in [0.2, 0.25) is 0 Å². The van der Waals surface area contributed by atoms with Crippen molar-refractivity contribution in [3.63, 3.8) is 0 Å². The maximum Gasteiger partial charge on any atom is 0.227 e. The molecule has 1 aromatic carbocycles. The number of carbonyl (C=O) groups excluding carboxylic acids is 2. The lowest BCUT2D eigenvalue weighted by Gasteiger charge is -2.28. The Hall–Kier alpha value is -1.59. The van der Waals surface area contributed by atoms with Crippen molar-refractivity contribution in [3.05, 3.63) is 24.3 Å². The molecule has 1 aliphatic carbocycles. The second kappa shape index (κ2) is 9.20. The fourth-order valence-corrected chi connectivity index (χ4v) is 3.26. The quantitative estimate of drug-likeness (QED) is 0.723. The van der Waals surface area contributed by atoms with Gasteiger partial charge in [0.1, 0.15) is 0 Å². The van der Waals surface area contributed by atoms with E-state index in [1.165, 1.54) is 12.8 Å². The maximum atomic E-state index is 12.2. The van der Waals surface area contributed by atoms with Gasteiger partial charge in [0.15, 0.2) is 0 Å². The van der Waals surface area contributed by atoms with E-state index in [2.05, 4.69) is 22.9 Å². The summed E-state index contributed by atoms with van der Waals surface area (Å²) in [6.07, 6.45) is 4.94. The normalized spacial score (nSPS) is 20.9. The van der Waals surface area contributed by atoms with Gasteiger partial charge >= 0.3 is 0 Å². The fourth-order valence-electron chi connectivity index (χ4n) is 3.26. The number of hydrogen-bond acceptors (Lipinski definition) is 3. The van der Waals surface area contributed by atoms with Crippen LogP contribution in [0.3, 0.4) is 0 Å². The molecule has 5 nitrogen and oxygen atoms in total. The molecule has 0 radical (unpaired) electrons. The molecule has 1 saturated heterocycles. The molecule has 6 heteroatoms. The molecule has 2 aliphatic rings. The van der Waals surface area contributed by atoms with Gasteiger partial charge in [0.05, 0.1) is 0 Å². The summed E-state index contributed by atoms with van der Waals surface area (Å²) in [5.74, 6) is 1.32. The first-order valence-corrected chi connectivity index (χ1v) is 9.03. The Morgan fingerprint density at radius 1 is 1.12 bits per heavy atom. The first kappa shape index (κ1) is 19.7. The summed E-state index contributed by atoms with van der Waals surface area (Å²) in [6.45, 7) is 4.27. The molecular weight excluding hydrogens is 338 g/mol. The van der Waals surface area contributed by atoms with Gasteiger partial charge in [0, 0.05) is 23.7 Å². The van der Waals surface area contributed by atoms with Crippen molar-refractivity contribution in [2.75, 3.05) is 23.7 Å². The zero-order valence-corrected chi connectivity index (χ0v) is 15.5. The molecular formula is C19H28ClN3O2. The molecule has 3 rings (SSSR count). The lowest BCUT2D eigenvalue weighted by atomic mass is 9.85. The third-order valence-electron chi connectivity index (χ3n) is 5.03. The minimum atomic E-state index is 0. The molecule has 0 aromatic heterocycles. The average Bonchev–Trinajstić information content (AvgIpc) is 3.42. The summed E-state index contributed by atoms with van der Waals surface area (Å²) < 4.78 is 0. The van der Waals surface area contributed by atoms with E-state index in [0.29, 0.717) is 18.3 Å². The van der Waals surface area contributed by atoms with Gasteiger partial charge < -0.3 is 16.0 Å². The minimum Gasteiger partial charge on any atom is -0.326 e. The van der Waals surface area contributed by atoms with Crippen LogP contribution in [-0.2, 0) is 9.59 Å². The third-order valence-corrected chi connectivity index (χ3v) is 5.03. The van der Waals surface area contributed by atoms with Gasteiger partial charge in [-0.25, -0.2) is 0 Å². The summed E-state index contributed by atoms with van der Waals surface area (Å²) in [6, 6.07) is 7.36. The topological polar surface area (TPSA) is 70.2 Å². The Balaban J connectivity index is 0.00000225. The van der Waals surface area contributed by atoms with Crippen LogP contribution in [0.15, 0.2) is 24.3 Å². The van der Waals surface area contributed by atoms with Crippen molar-refractivity contribution in [3.8, 4) is 0 Å². The van der Waals surface area contributed by atoms with Crippen molar-refractivity contribution < 1.29 is 9.59 Å². The standard InChI is InChI=1S/C19H27N3O2.ClH/c1-13(15-3-2-10-20-12-15)11-18(23)21-16-6-8-17(9-7-16)22-19(24)14-4-5-14;/h6-9,13-15,20H,2-5,10-12H2,1H3,(H,21,23)(H,22,24);1H. The molecule has 1 aliphatic heterocycles. The molecule has 0 spiro atoms. The van der Waals surface area contributed by atoms with Crippen molar-refractivity contribution in [2.45, 2.75) is 39.0 Å². The molecule has 1 heterocycles. The average molecular weight is 366 g/mol. The van der Waals surface area contributed by atoms with E-state index in [1.807, 2.05) is 24.3 Å². The third kappa shape index (κ3) is 6.01. The second-order valence-corrected chi connectivity index (χ2v) is 7.18. The molecule has 2 unspecified atom stereocenters. The highest BCUT2D eigenvalue weighted by Gasteiger charge is 2.29. The van der Waals surface area contributed by atoms with Gasteiger partial charge in [-0.05, 0) is 74.9 Å². The lowest BCUT2D eigenvalue weighted by Crippen LogP contribution is -2.34. The molecule has 2 fully saturated rings. The highest BCUT2D eigenvalue weighted by atomic mass is 35.5. The first-order chi connectivity index (χ1) is 11.6. The summed E-state index contributed by atoms with van der Waals surface area (Å²) in [5, 5.41) is 9.26. The smallest absolute Gasteiger partial charge is 0.227 e. The minimum absolute atomic E-state index is 0. The molecule has 25 heavy (non-hydrogen) atoms. The number of carbonyl (C=O) groups is 2. The zero-order chi connectivity index (χ0) is 16.9. The van der Waals surface area contributed by atoms with Crippen LogP contribution >= 0.6 is 12.4 Å². The van der Waals surface area contributed by atoms with E-state index in [1.54, 1.807) is 0 Å². The molecule has 2 atom stereocenters. The van der Waals surface area contributed by atoms with Crippen LogP contribution in [0.4, 0.5) is 11.4 Å². The van der Waals surface area contributed by atoms with Gasteiger partial charge in [-0.3, -0.25) is 9.59 Å². The number of halogens is 1. The predicted octanol–water partition coefficient (Wildman–Crippen LogP) is 3.42. The highest BCUT2D eigenvalue weighted by molar-refractivity contribution is 5.95. The number of anilines is 2.